The van der Waals surface area contributed by atoms with Gasteiger partial charge in [-0.3, -0.25) is 4.79 Å². The van der Waals surface area contributed by atoms with Crippen LogP contribution in [0.2, 0.25) is 0 Å². The zero-order valence-corrected chi connectivity index (χ0v) is 19.0. The molecule has 170 valence electrons. The number of carbonyl (C=O) groups excluding carboxylic acids is 1. The fourth-order valence-corrected chi connectivity index (χ4v) is 5.06. The summed E-state index contributed by atoms with van der Waals surface area (Å²) in [5, 5.41) is 11.9. The van der Waals surface area contributed by atoms with Gasteiger partial charge in [0.1, 0.15) is 17.6 Å². The van der Waals surface area contributed by atoms with E-state index < -0.39 is 22.0 Å². The van der Waals surface area contributed by atoms with Gasteiger partial charge in [0.25, 0.3) is 5.91 Å². The lowest BCUT2D eigenvalue weighted by atomic mass is 10.2. The number of rotatable bonds is 7. The third-order valence-corrected chi connectivity index (χ3v) is 7.21. The second-order valence-electron chi connectivity index (χ2n) is 7.54. The molecule has 1 atom stereocenters. The standard InChI is InChI=1S/C23H27N3O5S/c1-17(31-21-10-6-5-9-18(21)16-24)23(27)25-20-15-19(11-12-22(20)30-2)32(28,29)26-13-7-3-4-8-14-26/h5-6,9-12,15,17H,3-4,7-8,13-14H2,1-2H3,(H,25,27). The van der Waals surface area contributed by atoms with Crippen LogP contribution in [0.5, 0.6) is 11.5 Å². The van der Waals surface area contributed by atoms with Crippen molar-refractivity contribution >= 4 is 21.6 Å². The molecule has 2 aromatic rings. The number of carbonyl (C=O) groups is 1. The van der Waals surface area contributed by atoms with Crippen LogP contribution in [0.3, 0.4) is 0 Å². The van der Waals surface area contributed by atoms with Crippen molar-refractivity contribution in [1.29, 1.82) is 5.26 Å². The lowest BCUT2D eigenvalue weighted by Gasteiger charge is -2.21. The van der Waals surface area contributed by atoms with Crippen molar-refractivity contribution in [2.24, 2.45) is 0 Å². The summed E-state index contributed by atoms with van der Waals surface area (Å²) in [6.07, 6.45) is 2.77. The van der Waals surface area contributed by atoms with E-state index in [0.717, 1.165) is 25.7 Å². The molecule has 1 heterocycles. The largest absolute Gasteiger partial charge is 0.495 e. The molecule has 0 saturated carbocycles. The first-order valence-electron chi connectivity index (χ1n) is 10.5. The molecule has 1 saturated heterocycles. The van der Waals surface area contributed by atoms with E-state index in [2.05, 4.69) is 5.32 Å². The van der Waals surface area contributed by atoms with Crippen LogP contribution in [-0.4, -0.2) is 44.9 Å². The summed E-state index contributed by atoms with van der Waals surface area (Å²) in [5.41, 5.74) is 0.549. The molecule has 1 unspecified atom stereocenters. The summed E-state index contributed by atoms with van der Waals surface area (Å²) in [5.74, 6) is 0.125. The average molecular weight is 458 g/mol. The molecule has 2 aromatic carbocycles. The SMILES string of the molecule is COc1ccc(S(=O)(=O)N2CCCCCC2)cc1NC(=O)C(C)Oc1ccccc1C#N. The quantitative estimate of drug-likeness (QED) is 0.681. The maximum absolute atomic E-state index is 13.1. The summed E-state index contributed by atoms with van der Waals surface area (Å²) in [7, 11) is -2.25. The molecule has 1 amide bonds. The molecule has 1 aliphatic rings. The topological polar surface area (TPSA) is 109 Å². The number of nitrogens with one attached hydrogen (secondary N) is 1. The molecule has 0 spiro atoms. The van der Waals surface area contributed by atoms with Crippen molar-refractivity contribution in [2.75, 3.05) is 25.5 Å². The van der Waals surface area contributed by atoms with Crippen molar-refractivity contribution in [3.63, 3.8) is 0 Å². The monoisotopic (exact) mass is 457 g/mol. The highest BCUT2D eigenvalue weighted by molar-refractivity contribution is 7.89. The fourth-order valence-electron chi connectivity index (χ4n) is 3.52. The highest BCUT2D eigenvalue weighted by atomic mass is 32.2. The minimum atomic E-state index is -3.69. The number of amides is 1. The lowest BCUT2D eigenvalue weighted by molar-refractivity contribution is -0.122. The van der Waals surface area contributed by atoms with Crippen LogP contribution in [0.15, 0.2) is 47.4 Å². The second-order valence-corrected chi connectivity index (χ2v) is 9.48. The van der Waals surface area contributed by atoms with Crippen LogP contribution in [0.4, 0.5) is 5.69 Å². The maximum atomic E-state index is 13.1. The summed E-state index contributed by atoms with van der Waals surface area (Å²) >= 11 is 0. The summed E-state index contributed by atoms with van der Waals surface area (Å²) in [4.78, 5) is 12.9. The predicted molar refractivity (Wildman–Crippen MR) is 120 cm³/mol. The van der Waals surface area contributed by atoms with Gasteiger partial charge in [-0.15, -0.1) is 0 Å². The third kappa shape index (κ3) is 5.39. The van der Waals surface area contributed by atoms with Gasteiger partial charge in [0.05, 0.1) is 23.3 Å². The van der Waals surface area contributed by atoms with E-state index in [1.54, 1.807) is 31.2 Å². The molecule has 0 bridgehead atoms. The first-order valence-corrected chi connectivity index (χ1v) is 12.0. The molecule has 0 aliphatic carbocycles. The Bertz CT molecular complexity index is 1100. The molecule has 32 heavy (non-hydrogen) atoms. The highest BCUT2D eigenvalue weighted by Gasteiger charge is 2.27. The Balaban J connectivity index is 1.81. The Morgan fingerprint density at radius 2 is 1.78 bits per heavy atom. The van der Waals surface area contributed by atoms with Gasteiger partial charge in [-0.1, -0.05) is 25.0 Å². The number of hydrogen-bond acceptors (Lipinski definition) is 6. The number of ether oxygens (including phenoxy) is 2. The molecular weight excluding hydrogens is 430 g/mol. The zero-order valence-electron chi connectivity index (χ0n) is 18.2. The van der Waals surface area contributed by atoms with Crippen molar-refractivity contribution in [3.05, 3.63) is 48.0 Å². The Hall–Kier alpha value is -3.09. The minimum Gasteiger partial charge on any atom is -0.495 e. The second kappa shape index (κ2) is 10.5. The highest BCUT2D eigenvalue weighted by Crippen LogP contribution is 2.30. The first-order chi connectivity index (χ1) is 15.4. The predicted octanol–water partition coefficient (Wildman–Crippen LogP) is 3.54. The zero-order chi connectivity index (χ0) is 23.1. The van der Waals surface area contributed by atoms with Crippen molar-refractivity contribution in [2.45, 2.75) is 43.6 Å². The van der Waals surface area contributed by atoms with E-state index in [-0.39, 0.29) is 10.6 Å². The van der Waals surface area contributed by atoms with Gasteiger partial charge >= 0.3 is 0 Å². The number of sulfonamides is 1. The van der Waals surface area contributed by atoms with E-state index >= 15 is 0 Å². The van der Waals surface area contributed by atoms with E-state index in [9.17, 15) is 18.5 Å². The number of anilines is 1. The number of hydrogen-bond donors (Lipinski definition) is 1. The molecule has 3 rings (SSSR count). The average Bonchev–Trinajstić information content (AvgIpc) is 3.09. The smallest absolute Gasteiger partial charge is 0.265 e. The Morgan fingerprint density at radius 3 is 2.44 bits per heavy atom. The van der Waals surface area contributed by atoms with Gasteiger partial charge in [-0.25, -0.2) is 8.42 Å². The third-order valence-electron chi connectivity index (χ3n) is 5.31. The van der Waals surface area contributed by atoms with Crippen molar-refractivity contribution in [3.8, 4) is 17.6 Å². The number of para-hydroxylation sites is 1. The maximum Gasteiger partial charge on any atom is 0.265 e. The molecule has 0 aromatic heterocycles. The van der Waals surface area contributed by atoms with E-state index in [0.29, 0.717) is 30.2 Å². The minimum absolute atomic E-state index is 0.0962. The van der Waals surface area contributed by atoms with Gasteiger partial charge in [-0.2, -0.15) is 9.57 Å². The van der Waals surface area contributed by atoms with Gasteiger partial charge in [0, 0.05) is 13.1 Å². The summed E-state index contributed by atoms with van der Waals surface area (Å²) < 4.78 is 38.7. The van der Waals surface area contributed by atoms with Crippen molar-refractivity contribution < 1.29 is 22.7 Å². The van der Waals surface area contributed by atoms with Gasteiger partial charge < -0.3 is 14.8 Å². The van der Waals surface area contributed by atoms with Gasteiger partial charge in [0.15, 0.2) is 6.10 Å². The normalized spacial score (nSPS) is 15.8. The Kier molecular flexibility index (Phi) is 7.72. The molecule has 1 fully saturated rings. The Labute approximate surface area is 188 Å². The van der Waals surface area contributed by atoms with Gasteiger partial charge in [-0.05, 0) is 50.1 Å². The van der Waals surface area contributed by atoms with E-state index in [1.807, 2.05) is 6.07 Å². The number of nitriles is 1. The van der Waals surface area contributed by atoms with Crippen molar-refractivity contribution in [1.82, 2.24) is 4.31 Å². The molecule has 0 radical (unpaired) electrons. The molecule has 1 N–H and O–H groups in total. The van der Waals surface area contributed by atoms with Gasteiger partial charge in [0.2, 0.25) is 10.0 Å². The molecular formula is C23H27N3O5S. The summed E-state index contributed by atoms with van der Waals surface area (Å²) in [6, 6.07) is 13.1. The lowest BCUT2D eigenvalue weighted by Crippen LogP contribution is -2.32. The number of nitrogens with zero attached hydrogens (tertiary/aromatic N) is 2. The summed E-state index contributed by atoms with van der Waals surface area (Å²) in [6.45, 7) is 2.52. The fraction of sp³-hybridized carbons (Fsp3) is 0.391. The van der Waals surface area contributed by atoms with Crippen LogP contribution in [0.25, 0.3) is 0 Å². The van der Waals surface area contributed by atoms with Crippen LogP contribution >= 0.6 is 0 Å². The molecule has 8 nitrogen and oxygen atoms in total. The van der Waals surface area contributed by atoms with E-state index in [1.165, 1.54) is 29.6 Å². The number of methoxy groups -OCH3 is 1. The van der Waals surface area contributed by atoms with Crippen LogP contribution in [0, 0.1) is 11.3 Å². The molecule has 9 heteroatoms. The first kappa shape index (κ1) is 23.6. The van der Waals surface area contributed by atoms with Crippen LogP contribution < -0.4 is 14.8 Å². The number of benzene rings is 2. The molecule has 1 aliphatic heterocycles. The van der Waals surface area contributed by atoms with Crippen LogP contribution in [0.1, 0.15) is 38.2 Å². The van der Waals surface area contributed by atoms with Crippen LogP contribution in [-0.2, 0) is 14.8 Å². The van der Waals surface area contributed by atoms with E-state index in [4.69, 9.17) is 9.47 Å². The Morgan fingerprint density at radius 1 is 1.09 bits per heavy atom.